The van der Waals surface area contributed by atoms with Crippen LogP contribution in [-0.2, 0) is 14.3 Å². The van der Waals surface area contributed by atoms with Gasteiger partial charge in [-0.15, -0.1) is 0 Å². The number of ether oxygens (including phenoxy) is 1. The molecule has 2 rings (SSSR count). The molecule has 1 aliphatic rings. The van der Waals surface area contributed by atoms with Crippen LogP contribution in [0.2, 0.25) is 0 Å². The maximum absolute atomic E-state index is 12.0. The first-order valence-electron chi connectivity index (χ1n) is 6.49. The van der Waals surface area contributed by atoms with Crippen LogP contribution in [0.1, 0.15) is 13.8 Å². The Kier molecular flexibility index (Phi) is 4.43. The van der Waals surface area contributed by atoms with Gasteiger partial charge in [0.25, 0.3) is 5.56 Å². The SMILES string of the molecule is COC1Nc2nc(NC(C)=O)[nH]c(=O)c2NC1C(O)C(C)=O. The number of aliphatic hydroxyl groups is 1. The molecule has 0 fully saturated rings. The van der Waals surface area contributed by atoms with E-state index >= 15 is 0 Å². The third-order valence-corrected chi connectivity index (χ3v) is 3.14. The number of rotatable bonds is 4. The standard InChI is InChI=1S/C12H17N5O5/c1-4(18)8(20)6-11(22-3)15-9-7(14-6)10(21)17-12(16-9)13-5(2)19/h6,8,11,14,20H,1-3H3,(H3,13,15,16,17,19,21). The van der Waals surface area contributed by atoms with Crippen molar-refractivity contribution in [3.63, 3.8) is 0 Å². The van der Waals surface area contributed by atoms with Crippen LogP contribution in [0.5, 0.6) is 0 Å². The summed E-state index contributed by atoms with van der Waals surface area (Å²) in [6.45, 7) is 2.51. The number of anilines is 3. The van der Waals surface area contributed by atoms with E-state index in [-0.39, 0.29) is 23.4 Å². The molecule has 0 saturated carbocycles. The smallest absolute Gasteiger partial charge is 0.277 e. The number of aromatic amines is 1. The summed E-state index contributed by atoms with van der Waals surface area (Å²) in [6, 6.07) is -0.857. The largest absolute Gasteiger partial charge is 0.383 e. The Morgan fingerprint density at radius 2 is 2.05 bits per heavy atom. The second kappa shape index (κ2) is 6.12. The van der Waals surface area contributed by atoms with Gasteiger partial charge >= 0.3 is 0 Å². The fourth-order valence-corrected chi connectivity index (χ4v) is 2.11. The lowest BCUT2D eigenvalue weighted by Gasteiger charge is -2.35. The van der Waals surface area contributed by atoms with Gasteiger partial charge in [0.15, 0.2) is 17.8 Å². The molecule has 1 aromatic heterocycles. The van der Waals surface area contributed by atoms with E-state index in [1.54, 1.807) is 0 Å². The number of carbonyl (C=O) groups excluding carboxylic acids is 2. The summed E-state index contributed by atoms with van der Waals surface area (Å²) in [4.78, 5) is 40.8. The third-order valence-electron chi connectivity index (χ3n) is 3.14. The summed E-state index contributed by atoms with van der Waals surface area (Å²) in [5, 5.41) is 17.8. The molecule has 1 aromatic rings. The highest BCUT2D eigenvalue weighted by molar-refractivity contribution is 5.87. The van der Waals surface area contributed by atoms with Crippen molar-refractivity contribution in [3.8, 4) is 0 Å². The minimum atomic E-state index is -1.36. The van der Waals surface area contributed by atoms with E-state index in [2.05, 4.69) is 25.9 Å². The summed E-state index contributed by atoms with van der Waals surface area (Å²) in [5.41, 5.74) is -0.510. The normalized spacial score (nSPS) is 21.1. The Balaban J connectivity index is 2.38. The number of hydrogen-bond donors (Lipinski definition) is 5. The number of nitrogens with one attached hydrogen (secondary N) is 4. The number of ketones is 1. The van der Waals surface area contributed by atoms with E-state index in [4.69, 9.17) is 4.74 Å². The Bertz CT molecular complexity index is 658. The van der Waals surface area contributed by atoms with Crippen LogP contribution >= 0.6 is 0 Å². The summed E-state index contributed by atoms with van der Waals surface area (Å²) >= 11 is 0. The molecule has 120 valence electrons. The van der Waals surface area contributed by atoms with Crippen molar-refractivity contribution in [3.05, 3.63) is 10.4 Å². The number of nitrogens with zero attached hydrogens (tertiary/aromatic N) is 1. The van der Waals surface area contributed by atoms with Crippen molar-refractivity contribution in [2.24, 2.45) is 0 Å². The topological polar surface area (TPSA) is 145 Å². The number of methoxy groups -OCH3 is 1. The first-order chi connectivity index (χ1) is 10.3. The van der Waals surface area contributed by atoms with Gasteiger partial charge in [-0.3, -0.25) is 24.7 Å². The lowest BCUT2D eigenvalue weighted by atomic mass is 10.0. The first kappa shape index (κ1) is 15.9. The summed E-state index contributed by atoms with van der Waals surface area (Å²) in [5.74, 6) is -0.735. The highest BCUT2D eigenvalue weighted by atomic mass is 16.5. The number of hydrogen-bond acceptors (Lipinski definition) is 8. The van der Waals surface area contributed by atoms with Gasteiger partial charge in [0.2, 0.25) is 11.9 Å². The Hall–Kier alpha value is -2.46. The molecular weight excluding hydrogens is 294 g/mol. The van der Waals surface area contributed by atoms with Gasteiger partial charge in [-0.1, -0.05) is 0 Å². The summed E-state index contributed by atoms with van der Waals surface area (Å²) in [6.07, 6.45) is -2.15. The van der Waals surface area contributed by atoms with E-state index in [9.17, 15) is 19.5 Å². The Morgan fingerprint density at radius 1 is 1.36 bits per heavy atom. The quantitative estimate of drug-likeness (QED) is 0.469. The molecule has 0 radical (unpaired) electrons. The van der Waals surface area contributed by atoms with E-state index in [0.717, 1.165) is 0 Å². The van der Waals surface area contributed by atoms with Crippen molar-refractivity contribution >= 4 is 29.1 Å². The maximum Gasteiger partial charge on any atom is 0.277 e. The average molecular weight is 311 g/mol. The molecule has 10 nitrogen and oxygen atoms in total. The molecule has 0 spiro atoms. The van der Waals surface area contributed by atoms with Crippen LogP contribution in [-0.4, -0.2) is 52.2 Å². The molecule has 0 aliphatic carbocycles. The van der Waals surface area contributed by atoms with E-state index in [1.165, 1.54) is 21.0 Å². The molecule has 1 aliphatic heterocycles. The molecule has 0 saturated heterocycles. The van der Waals surface area contributed by atoms with Crippen molar-refractivity contribution in [1.29, 1.82) is 0 Å². The van der Waals surface area contributed by atoms with Crippen molar-refractivity contribution < 1.29 is 19.4 Å². The number of H-pyrrole nitrogens is 1. The average Bonchev–Trinajstić information content (AvgIpc) is 2.44. The fourth-order valence-electron chi connectivity index (χ4n) is 2.11. The summed E-state index contributed by atoms with van der Waals surface area (Å²) < 4.78 is 5.17. The molecule has 2 heterocycles. The third kappa shape index (κ3) is 3.07. The van der Waals surface area contributed by atoms with Crippen LogP contribution in [0, 0.1) is 0 Å². The minimum Gasteiger partial charge on any atom is -0.383 e. The van der Waals surface area contributed by atoms with E-state index in [0.29, 0.717) is 0 Å². The Labute approximate surface area is 125 Å². The summed E-state index contributed by atoms with van der Waals surface area (Å²) in [7, 11) is 1.38. The second-order valence-electron chi connectivity index (χ2n) is 4.85. The van der Waals surface area contributed by atoms with Gasteiger partial charge in [-0.2, -0.15) is 4.98 Å². The highest BCUT2D eigenvalue weighted by Gasteiger charge is 2.37. The van der Waals surface area contributed by atoms with E-state index < -0.39 is 29.7 Å². The predicted octanol–water partition coefficient (Wildman–Crippen LogP) is -1.14. The number of Topliss-reactive ketones (excluding diaryl/α,β-unsaturated/α-hetero) is 1. The van der Waals surface area contributed by atoms with Gasteiger partial charge in [0.1, 0.15) is 17.8 Å². The molecule has 0 aromatic carbocycles. The molecule has 3 atom stereocenters. The van der Waals surface area contributed by atoms with Crippen LogP contribution in [0.15, 0.2) is 4.79 Å². The van der Waals surface area contributed by atoms with Crippen molar-refractivity contribution in [1.82, 2.24) is 9.97 Å². The highest BCUT2D eigenvalue weighted by Crippen LogP contribution is 2.25. The zero-order chi connectivity index (χ0) is 16.4. The minimum absolute atomic E-state index is 0.0223. The van der Waals surface area contributed by atoms with Gasteiger partial charge in [0, 0.05) is 14.0 Å². The number of aliphatic hydroxyl groups excluding tert-OH is 1. The number of carbonyl (C=O) groups is 2. The molecule has 10 heteroatoms. The molecule has 5 N–H and O–H groups in total. The number of amides is 1. The van der Waals surface area contributed by atoms with Crippen LogP contribution in [0.3, 0.4) is 0 Å². The Morgan fingerprint density at radius 3 is 2.59 bits per heavy atom. The molecule has 1 amide bonds. The number of fused-ring (bicyclic) bond motifs is 1. The van der Waals surface area contributed by atoms with Crippen LogP contribution in [0.25, 0.3) is 0 Å². The first-order valence-corrected chi connectivity index (χ1v) is 6.49. The molecule has 3 unspecified atom stereocenters. The van der Waals surface area contributed by atoms with Gasteiger partial charge in [-0.05, 0) is 6.92 Å². The zero-order valence-electron chi connectivity index (χ0n) is 12.3. The van der Waals surface area contributed by atoms with Crippen LogP contribution < -0.4 is 21.5 Å². The predicted molar refractivity (Wildman–Crippen MR) is 77.7 cm³/mol. The van der Waals surface area contributed by atoms with Crippen molar-refractivity contribution in [2.45, 2.75) is 32.2 Å². The van der Waals surface area contributed by atoms with Gasteiger partial charge in [-0.25, -0.2) is 0 Å². The molecule has 22 heavy (non-hydrogen) atoms. The fraction of sp³-hybridized carbons (Fsp3) is 0.500. The lowest BCUT2D eigenvalue weighted by molar-refractivity contribution is -0.127. The lowest BCUT2D eigenvalue weighted by Crippen LogP contribution is -2.54. The van der Waals surface area contributed by atoms with Crippen molar-refractivity contribution in [2.75, 3.05) is 23.1 Å². The maximum atomic E-state index is 12.0. The van der Waals surface area contributed by atoms with Gasteiger partial charge in [0.05, 0.1) is 0 Å². The zero-order valence-corrected chi connectivity index (χ0v) is 12.3. The van der Waals surface area contributed by atoms with Crippen LogP contribution in [0.4, 0.5) is 17.5 Å². The monoisotopic (exact) mass is 311 g/mol. The van der Waals surface area contributed by atoms with Gasteiger partial charge < -0.3 is 20.5 Å². The second-order valence-corrected chi connectivity index (χ2v) is 4.85. The molecular formula is C12H17N5O5. The number of aromatic nitrogens is 2. The van der Waals surface area contributed by atoms with E-state index in [1.807, 2.05) is 0 Å². The molecule has 0 bridgehead atoms.